The Morgan fingerprint density at radius 3 is 2.78 bits per heavy atom. The van der Waals surface area contributed by atoms with E-state index in [2.05, 4.69) is 5.32 Å². The Morgan fingerprint density at radius 1 is 1.26 bits per heavy atom. The van der Waals surface area contributed by atoms with Gasteiger partial charge in [-0.3, -0.25) is 5.32 Å². The van der Waals surface area contributed by atoms with Crippen LogP contribution in [0.2, 0.25) is 5.02 Å². The SMILES string of the molecule is COc1cc(/C=C\C#N)ccc1OC(=O)Nc1cccc(Cl)c1. The fourth-order valence-electron chi connectivity index (χ4n) is 1.82. The number of benzene rings is 2. The summed E-state index contributed by atoms with van der Waals surface area (Å²) in [7, 11) is 1.47. The van der Waals surface area contributed by atoms with Crippen molar-refractivity contribution in [3.63, 3.8) is 0 Å². The lowest BCUT2D eigenvalue weighted by Gasteiger charge is -2.11. The minimum absolute atomic E-state index is 0.265. The summed E-state index contributed by atoms with van der Waals surface area (Å²) in [5.74, 6) is 0.646. The number of nitrogens with one attached hydrogen (secondary N) is 1. The van der Waals surface area contributed by atoms with E-state index < -0.39 is 6.09 Å². The Hall–Kier alpha value is -2.97. The van der Waals surface area contributed by atoms with E-state index in [-0.39, 0.29) is 5.75 Å². The lowest BCUT2D eigenvalue weighted by molar-refractivity contribution is 0.213. The summed E-state index contributed by atoms with van der Waals surface area (Å²) in [5, 5.41) is 11.6. The average molecular weight is 329 g/mol. The predicted molar refractivity (Wildman–Crippen MR) is 88.7 cm³/mol. The summed E-state index contributed by atoms with van der Waals surface area (Å²) < 4.78 is 10.4. The molecular weight excluding hydrogens is 316 g/mol. The van der Waals surface area contributed by atoms with Crippen molar-refractivity contribution in [2.75, 3.05) is 12.4 Å². The van der Waals surface area contributed by atoms with Gasteiger partial charge in [0.15, 0.2) is 11.5 Å². The minimum atomic E-state index is -0.661. The molecule has 0 radical (unpaired) electrons. The van der Waals surface area contributed by atoms with E-state index in [1.807, 2.05) is 6.07 Å². The van der Waals surface area contributed by atoms with Gasteiger partial charge in [-0.05, 0) is 42.0 Å². The Morgan fingerprint density at radius 2 is 2.09 bits per heavy atom. The van der Waals surface area contributed by atoms with Gasteiger partial charge >= 0.3 is 6.09 Å². The highest BCUT2D eigenvalue weighted by atomic mass is 35.5. The van der Waals surface area contributed by atoms with Crippen LogP contribution in [0.15, 0.2) is 48.5 Å². The normalized spacial score (nSPS) is 10.1. The summed E-state index contributed by atoms with van der Waals surface area (Å²) in [6.07, 6.45) is 2.31. The first-order valence-corrected chi connectivity index (χ1v) is 6.99. The Labute approximate surface area is 138 Å². The van der Waals surface area contributed by atoms with Gasteiger partial charge in [-0.25, -0.2) is 4.79 Å². The van der Waals surface area contributed by atoms with Crippen LogP contribution in [0.4, 0.5) is 10.5 Å². The quantitative estimate of drug-likeness (QED) is 0.839. The maximum atomic E-state index is 11.9. The third-order valence-corrected chi connectivity index (χ3v) is 3.05. The number of hydrogen-bond donors (Lipinski definition) is 1. The van der Waals surface area contributed by atoms with E-state index in [9.17, 15) is 4.79 Å². The van der Waals surface area contributed by atoms with E-state index in [0.717, 1.165) is 5.56 Å². The summed E-state index contributed by atoms with van der Waals surface area (Å²) in [6.45, 7) is 0. The zero-order valence-electron chi connectivity index (χ0n) is 12.2. The summed E-state index contributed by atoms with van der Waals surface area (Å²) in [5.41, 5.74) is 1.28. The number of methoxy groups -OCH3 is 1. The second-order valence-electron chi connectivity index (χ2n) is 4.40. The Kier molecular flexibility index (Phi) is 5.61. The van der Waals surface area contributed by atoms with E-state index in [1.54, 1.807) is 48.5 Å². The number of amides is 1. The van der Waals surface area contributed by atoms with Gasteiger partial charge in [0.1, 0.15) is 0 Å². The zero-order chi connectivity index (χ0) is 16.7. The maximum Gasteiger partial charge on any atom is 0.417 e. The van der Waals surface area contributed by atoms with Crippen molar-refractivity contribution in [2.24, 2.45) is 0 Å². The smallest absolute Gasteiger partial charge is 0.417 e. The molecule has 2 aromatic rings. The Balaban J connectivity index is 2.11. The van der Waals surface area contributed by atoms with Crippen molar-refractivity contribution in [1.82, 2.24) is 0 Å². The first-order valence-electron chi connectivity index (χ1n) is 6.61. The molecule has 0 aliphatic carbocycles. The highest BCUT2D eigenvalue weighted by molar-refractivity contribution is 6.30. The highest BCUT2D eigenvalue weighted by Crippen LogP contribution is 2.29. The minimum Gasteiger partial charge on any atom is -0.493 e. The average Bonchev–Trinajstić information content (AvgIpc) is 2.53. The molecule has 0 heterocycles. The van der Waals surface area contributed by atoms with Gasteiger partial charge in [-0.2, -0.15) is 5.26 Å². The number of nitriles is 1. The molecule has 0 atom stereocenters. The van der Waals surface area contributed by atoms with Crippen LogP contribution in [0.3, 0.4) is 0 Å². The molecule has 0 aromatic heterocycles. The molecule has 0 unspecified atom stereocenters. The van der Waals surface area contributed by atoms with Gasteiger partial charge in [0.05, 0.1) is 13.2 Å². The molecule has 23 heavy (non-hydrogen) atoms. The maximum absolute atomic E-state index is 11.9. The molecule has 0 aliphatic rings. The molecule has 0 bridgehead atoms. The molecule has 0 fully saturated rings. The summed E-state index contributed by atoms with van der Waals surface area (Å²) in [6, 6.07) is 13.6. The fourth-order valence-corrected chi connectivity index (χ4v) is 2.01. The number of allylic oxidation sites excluding steroid dienone is 1. The van der Waals surface area contributed by atoms with Crippen molar-refractivity contribution in [3.8, 4) is 17.6 Å². The van der Waals surface area contributed by atoms with Crippen molar-refractivity contribution in [1.29, 1.82) is 5.26 Å². The van der Waals surface area contributed by atoms with Gasteiger partial charge in [0, 0.05) is 16.8 Å². The van der Waals surface area contributed by atoms with Crippen molar-refractivity contribution >= 4 is 29.5 Å². The van der Waals surface area contributed by atoms with Crippen LogP contribution in [0.5, 0.6) is 11.5 Å². The standard InChI is InChI=1S/C17H13ClN2O3/c1-22-16-10-12(4-3-9-19)7-8-15(16)23-17(21)20-14-6-2-5-13(18)11-14/h2-8,10-11H,1H3,(H,20,21)/b4-3-. The monoisotopic (exact) mass is 328 g/mol. The van der Waals surface area contributed by atoms with E-state index >= 15 is 0 Å². The first-order chi connectivity index (χ1) is 11.1. The van der Waals surface area contributed by atoms with Gasteiger partial charge in [0.25, 0.3) is 0 Å². The third kappa shape index (κ3) is 4.77. The molecular formula is C17H13ClN2O3. The van der Waals surface area contributed by atoms with Crippen LogP contribution in [-0.2, 0) is 0 Å². The number of rotatable bonds is 4. The van der Waals surface area contributed by atoms with Crippen molar-refractivity contribution in [3.05, 3.63) is 59.1 Å². The van der Waals surface area contributed by atoms with Crippen molar-refractivity contribution < 1.29 is 14.3 Å². The van der Waals surface area contributed by atoms with Gasteiger partial charge < -0.3 is 9.47 Å². The van der Waals surface area contributed by atoms with E-state index in [4.69, 9.17) is 26.3 Å². The number of halogens is 1. The van der Waals surface area contributed by atoms with E-state index in [1.165, 1.54) is 13.2 Å². The highest BCUT2D eigenvalue weighted by Gasteiger charge is 2.11. The number of carbonyl (C=O) groups excluding carboxylic acids is 1. The summed E-state index contributed by atoms with van der Waals surface area (Å²) in [4.78, 5) is 11.9. The topological polar surface area (TPSA) is 71.3 Å². The second kappa shape index (κ2) is 7.87. The van der Waals surface area contributed by atoms with Crippen molar-refractivity contribution in [2.45, 2.75) is 0 Å². The molecule has 0 saturated heterocycles. The first kappa shape index (κ1) is 16.4. The lowest BCUT2D eigenvalue weighted by Crippen LogP contribution is -2.17. The van der Waals surface area contributed by atoms with Crippen LogP contribution < -0.4 is 14.8 Å². The van der Waals surface area contributed by atoms with Crippen LogP contribution in [-0.4, -0.2) is 13.2 Å². The zero-order valence-corrected chi connectivity index (χ0v) is 13.0. The van der Waals surface area contributed by atoms with Crippen LogP contribution in [0.1, 0.15) is 5.56 Å². The third-order valence-electron chi connectivity index (χ3n) is 2.81. The Bertz CT molecular complexity index is 782. The van der Waals surface area contributed by atoms with Gasteiger partial charge in [-0.1, -0.05) is 23.7 Å². The molecule has 1 N–H and O–H groups in total. The second-order valence-corrected chi connectivity index (χ2v) is 4.83. The van der Waals surface area contributed by atoms with Crippen LogP contribution in [0, 0.1) is 11.3 Å². The predicted octanol–water partition coefficient (Wildman–Crippen LogP) is 4.50. The lowest BCUT2D eigenvalue weighted by atomic mass is 10.2. The molecule has 0 saturated carbocycles. The molecule has 2 rings (SSSR count). The number of nitrogens with zero attached hydrogens (tertiary/aromatic N) is 1. The summed E-state index contributed by atoms with van der Waals surface area (Å²) >= 11 is 5.85. The molecule has 1 amide bonds. The number of hydrogen-bond acceptors (Lipinski definition) is 4. The van der Waals surface area contributed by atoms with E-state index in [0.29, 0.717) is 16.5 Å². The van der Waals surface area contributed by atoms with Gasteiger partial charge in [-0.15, -0.1) is 0 Å². The molecule has 6 heteroatoms. The van der Waals surface area contributed by atoms with Crippen LogP contribution in [0.25, 0.3) is 6.08 Å². The fraction of sp³-hybridized carbons (Fsp3) is 0.0588. The number of carbonyl (C=O) groups is 1. The molecule has 0 spiro atoms. The molecule has 2 aromatic carbocycles. The molecule has 5 nitrogen and oxygen atoms in total. The number of anilines is 1. The molecule has 0 aliphatic heterocycles. The van der Waals surface area contributed by atoms with Gasteiger partial charge in [0.2, 0.25) is 0 Å². The van der Waals surface area contributed by atoms with Crippen LogP contribution >= 0.6 is 11.6 Å². The largest absolute Gasteiger partial charge is 0.493 e. The molecule has 116 valence electrons. The number of ether oxygens (including phenoxy) is 2.